The lowest BCUT2D eigenvalue weighted by Crippen LogP contribution is -2.47. The number of piperidine rings is 1. The van der Waals surface area contributed by atoms with Crippen LogP contribution < -0.4 is 5.32 Å². The van der Waals surface area contributed by atoms with Crippen LogP contribution in [0.25, 0.3) is 0 Å². The number of nitrogens with zero attached hydrogens (tertiary/aromatic N) is 4. The molecule has 3 aliphatic rings. The van der Waals surface area contributed by atoms with Gasteiger partial charge in [-0.1, -0.05) is 12.1 Å². The summed E-state index contributed by atoms with van der Waals surface area (Å²) in [7, 11) is 2.17. The normalized spacial score (nSPS) is 21.8. The largest absolute Gasteiger partial charge is 0.326 e. The molecule has 0 unspecified atom stereocenters. The van der Waals surface area contributed by atoms with E-state index in [9.17, 15) is 9.59 Å². The second-order valence-electron chi connectivity index (χ2n) is 9.01. The molecule has 4 rings (SSSR count). The average molecular weight is 414 g/mol. The molecule has 1 aromatic carbocycles. The molecule has 0 saturated carbocycles. The number of benzene rings is 1. The minimum absolute atomic E-state index is 0.0195. The van der Waals surface area contributed by atoms with Crippen molar-refractivity contribution in [3.8, 4) is 0 Å². The van der Waals surface area contributed by atoms with Gasteiger partial charge in [-0.3, -0.25) is 9.69 Å². The van der Waals surface area contributed by atoms with E-state index in [1.807, 2.05) is 21.9 Å². The van der Waals surface area contributed by atoms with Gasteiger partial charge in [-0.2, -0.15) is 0 Å². The van der Waals surface area contributed by atoms with Gasteiger partial charge in [0, 0.05) is 70.5 Å². The van der Waals surface area contributed by atoms with Crippen molar-refractivity contribution in [1.82, 2.24) is 19.6 Å². The minimum atomic E-state index is -0.0195. The molecule has 164 valence electrons. The SMILES string of the molecule is CN1CCN(Cc2cccc(NC(=O)C3CCN(C(=O)N4CCCC4)CC3)c2)CC1. The summed E-state index contributed by atoms with van der Waals surface area (Å²) in [5.41, 5.74) is 2.12. The van der Waals surface area contributed by atoms with Crippen molar-refractivity contribution < 1.29 is 9.59 Å². The molecule has 7 nitrogen and oxygen atoms in total. The quantitative estimate of drug-likeness (QED) is 0.823. The minimum Gasteiger partial charge on any atom is -0.326 e. The molecule has 3 saturated heterocycles. The first-order valence-electron chi connectivity index (χ1n) is 11.4. The van der Waals surface area contributed by atoms with E-state index in [-0.39, 0.29) is 17.9 Å². The lowest BCUT2D eigenvalue weighted by atomic mass is 9.96. The van der Waals surface area contributed by atoms with Gasteiger partial charge < -0.3 is 20.0 Å². The van der Waals surface area contributed by atoms with Gasteiger partial charge in [0.15, 0.2) is 0 Å². The number of piperazine rings is 1. The maximum atomic E-state index is 12.8. The van der Waals surface area contributed by atoms with Crippen LogP contribution in [0, 0.1) is 5.92 Å². The number of carbonyl (C=O) groups excluding carboxylic acids is 2. The maximum absolute atomic E-state index is 12.8. The molecule has 0 spiro atoms. The van der Waals surface area contributed by atoms with E-state index < -0.39 is 0 Å². The Hall–Kier alpha value is -2.12. The maximum Gasteiger partial charge on any atom is 0.319 e. The van der Waals surface area contributed by atoms with E-state index >= 15 is 0 Å². The third kappa shape index (κ3) is 5.32. The van der Waals surface area contributed by atoms with Gasteiger partial charge in [0.05, 0.1) is 0 Å². The Labute approximate surface area is 180 Å². The molecule has 7 heteroatoms. The van der Waals surface area contributed by atoms with Crippen LogP contribution in [0.5, 0.6) is 0 Å². The summed E-state index contributed by atoms with van der Waals surface area (Å²) < 4.78 is 0. The number of carbonyl (C=O) groups is 2. The Morgan fingerprint density at radius 3 is 2.30 bits per heavy atom. The van der Waals surface area contributed by atoms with Crippen molar-refractivity contribution in [2.45, 2.75) is 32.2 Å². The molecular formula is C23H35N5O2. The molecule has 0 aliphatic carbocycles. The molecular weight excluding hydrogens is 378 g/mol. The number of amides is 3. The zero-order chi connectivity index (χ0) is 20.9. The zero-order valence-corrected chi connectivity index (χ0v) is 18.2. The number of nitrogens with one attached hydrogen (secondary N) is 1. The average Bonchev–Trinajstić information content (AvgIpc) is 3.30. The summed E-state index contributed by atoms with van der Waals surface area (Å²) in [6.45, 7) is 8.42. The number of rotatable bonds is 4. The first kappa shape index (κ1) is 21.1. The van der Waals surface area contributed by atoms with Crippen molar-refractivity contribution in [2.24, 2.45) is 5.92 Å². The van der Waals surface area contributed by atoms with Gasteiger partial charge >= 0.3 is 6.03 Å². The van der Waals surface area contributed by atoms with Gasteiger partial charge in [0.1, 0.15) is 0 Å². The highest BCUT2D eigenvalue weighted by molar-refractivity contribution is 5.92. The van der Waals surface area contributed by atoms with Crippen molar-refractivity contribution in [3.63, 3.8) is 0 Å². The molecule has 0 bridgehead atoms. The van der Waals surface area contributed by atoms with Gasteiger partial charge in [-0.15, -0.1) is 0 Å². The Morgan fingerprint density at radius 2 is 1.60 bits per heavy atom. The summed E-state index contributed by atoms with van der Waals surface area (Å²) in [6, 6.07) is 8.39. The van der Waals surface area contributed by atoms with Crippen molar-refractivity contribution >= 4 is 17.6 Å². The highest BCUT2D eigenvalue weighted by atomic mass is 16.2. The Morgan fingerprint density at radius 1 is 0.933 bits per heavy atom. The van der Waals surface area contributed by atoms with Gasteiger partial charge in [0.2, 0.25) is 5.91 Å². The monoisotopic (exact) mass is 413 g/mol. The van der Waals surface area contributed by atoms with E-state index in [4.69, 9.17) is 0 Å². The number of likely N-dealkylation sites (tertiary alicyclic amines) is 2. The summed E-state index contributed by atoms with van der Waals surface area (Å²) in [6.07, 6.45) is 3.70. The first-order chi connectivity index (χ1) is 14.6. The van der Waals surface area contributed by atoms with Crippen LogP contribution in [-0.2, 0) is 11.3 Å². The van der Waals surface area contributed by atoms with Crippen LogP contribution in [0.1, 0.15) is 31.2 Å². The second kappa shape index (κ2) is 9.79. The van der Waals surface area contributed by atoms with Crippen molar-refractivity contribution in [1.29, 1.82) is 0 Å². The van der Waals surface area contributed by atoms with Crippen LogP contribution in [0.15, 0.2) is 24.3 Å². The molecule has 3 fully saturated rings. The standard InChI is InChI=1S/C23H35N5O2/c1-25-13-15-26(16-14-25)18-19-5-4-6-21(17-19)24-22(29)20-7-11-28(12-8-20)23(30)27-9-2-3-10-27/h4-6,17,20H,2-3,7-16,18H2,1H3,(H,24,29). The van der Waals surface area contributed by atoms with Crippen molar-refractivity contribution in [2.75, 3.05) is 64.7 Å². The number of hydrogen-bond donors (Lipinski definition) is 1. The van der Waals surface area contributed by atoms with E-state index in [0.29, 0.717) is 13.1 Å². The third-order valence-corrected chi connectivity index (χ3v) is 6.71. The van der Waals surface area contributed by atoms with Crippen LogP contribution in [0.2, 0.25) is 0 Å². The number of hydrogen-bond acceptors (Lipinski definition) is 4. The number of likely N-dealkylation sites (N-methyl/N-ethyl adjacent to an activating group) is 1. The zero-order valence-electron chi connectivity index (χ0n) is 18.2. The van der Waals surface area contributed by atoms with E-state index in [1.165, 1.54) is 5.56 Å². The first-order valence-corrected chi connectivity index (χ1v) is 11.4. The number of anilines is 1. The summed E-state index contributed by atoms with van der Waals surface area (Å²) >= 11 is 0. The summed E-state index contributed by atoms with van der Waals surface area (Å²) in [5, 5.41) is 3.12. The third-order valence-electron chi connectivity index (χ3n) is 6.71. The van der Waals surface area contributed by atoms with Crippen LogP contribution in [0.3, 0.4) is 0 Å². The van der Waals surface area contributed by atoms with Crippen LogP contribution in [-0.4, -0.2) is 90.9 Å². The highest BCUT2D eigenvalue weighted by Crippen LogP contribution is 2.22. The smallest absolute Gasteiger partial charge is 0.319 e. The molecule has 0 radical (unpaired) electrons. The van der Waals surface area contributed by atoms with E-state index in [2.05, 4.69) is 34.3 Å². The van der Waals surface area contributed by atoms with E-state index in [0.717, 1.165) is 77.2 Å². The molecule has 3 amide bonds. The molecule has 3 aliphatic heterocycles. The summed E-state index contributed by atoms with van der Waals surface area (Å²) in [4.78, 5) is 34.0. The van der Waals surface area contributed by atoms with Gasteiger partial charge in [0.25, 0.3) is 0 Å². The highest BCUT2D eigenvalue weighted by Gasteiger charge is 2.30. The molecule has 1 aromatic rings. The predicted molar refractivity (Wildman–Crippen MR) is 118 cm³/mol. The topological polar surface area (TPSA) is 59.1 Å². The molecule has 30 heavy (non-hydrogen) atoms. The number of urea groups is 1. The van der Waals surface area contributed by atoms with Gasteiger partial charge in [-0.05, 0) is 50.4 Å². The molecule has 0 aromatic heterocycles. The van der Waals surface area contributed by atoms with Crippen LogP contribution >= 0.6 is 0 Å². The fraction of sp³-hybridized carbons (Fsp3) is 0.652. The molecule has 1 N–H and O–H groups in total. The van der Waals surface area contributed by atoms with Crippen LogP contribution in [0.4, 0.5) is 10.5 Å². The lowest BCUT2D eigenvalue weighted by Gasteiger charge is -2.34. The van der Waals surface area contributed by atoms with E-state index in [1.54, 1.807) is 0 Å². The van der Waals surface area contributed by atoms with Gasteiger partial charge in [-0.25, -0.2) is 4.79 Å². The Bertz CT molecular complexity index is 733. The Kier molecular flexibility index (Phi) is 6.89. The lowest BCUT2D eigenvalue weighted by molar-refractivity contribution is -0.121. The fourth-order valence-electron chi connectivity index (χ4n) is 4.70. The predicted octanol–water partition coefficient (Wildman–Crippen LogP) is 2.30. The molecule has 3 heterocycles. The molecule has 0 atom stereocenters. The van der Waals surface area contributed by atoms with Crippen molar-refractivity contribution in [3.05, 3.63) is 29.8 Å². The second-order valence-corrected chi connectivity index (χ2v) is 9.01. The summed E-state index contributed by atoms with van der Waals surface area (Å²) in [5.74, 6) is 0.0638. The fourth-order valence-corrected chi connectivity index (χ4v) is 4.70. The Balaban J connectivity index is 1.25.